The van der Waals surface area contributed by atoms with Gasteiger partial charge in [0.2, 0.25) is 10.0 Å². The van der Waals surface area contributed by atoms with Crippen molar-refractivity contribution in [3.05, 3.63) is 72.0 Å². The van der Waals surface area contributed by atoms with Crippen LogP contribution in [0.5, 0.6) is 17.2 Å². The minimum Gasteiger partial charge on any atom is -0.495 e. The van der Waals surface area contributed by atoms with E-state index in [0.29, 0.717) is 28.0 Å². The fraction of sp³-hybridized carbons (Fsp3) is 0.192. The molecule has 194 valence electrons. The minimum absolute atomic E-state index is 0.0338. The average molecular weight is 528 g/mol. The molecule has 11 heteroatoms. The minimum atomic E-state index is -3.67. The molecule has 0 fully saturated rings. The summed E-state index contributed by atoms with van der Waals surface area (Å²) < 4.78 is 56.5. The molecule has 0 saturated carbocycles. The second kappa shape index (κ2) is 10.5. The average Bonchev–Trinajstić information content (AvgIpc) is 3.25. The molecular formula is C26H26FN3O6S. The molecule has 3 aromatic carbocycles. The summed E-state index contributed by atoms with van der Waals surface area (Å²) in [6.07, 6.45) is 1.07. The third-order valence-corrected chi connectivity index (χ3v) is 6.79. The summed E-state index contributed by atoms with van der Waals surface area (Å²) in [6.45, 7) is 0.125. The van der Waals surface area contributed by atoms with Crippen molar-refractivity contribution in [2.75, 3.05) is 37.8 Å². The van der Waals surface area contributed by atoms with Gasteiger partial charge in [-0.2, -0.15) is 0 Å². The van der Waals surface area contributed by atoms with Crippen LogP contribution in [0.4, 0.5) is 10.1 Å². The van der Waals surface area contributed by atoms with E-state index in [2.05, 4.69) is 5.32 Å². The number of halogens is 1. The number of amides is 1. The van der Waals surface area contributed by atoms with Gasteiger partial charge in [0.05, 0.1) is 24.6 Å². The van der Waals surface area contributed by atoms with Crippen LogP contribution in [0.3, 0.4) is 0 Å². The normalized spacial score (nSPS) is 11.4. The third kappa shape index (κ3) is 5.37. The smallest absolute Gasteiger partial charge is 0.255 e. The molecule has 3 N–H and O–H groups in total. The molecule has 0 atom stereocenters. The Morgan fingerprint density at radius 1 is 1.08 bits per heavy atom. The van der Waals surface area contributed by atoms with Crippen LogP contribution in [0.1, 0.15) is 10.4 Å². The number of nitrogens with two attached hydrogens (primary N) is 1. The SMILES string of the molecule is CNC(=O)c1c(-c2ccc(Oc3ccc(F)cc3)cc2)oc2cc(N(CCN)S(C)(=O)=O)c(OC)cc12. The Morgan fingerprint density at radius 2 is 1.70 bits per heavy atom. The van der Waals surface area contributed by atoms with Gasteiger partial charge < -0.3 is 24.9 Å². The molecule has 0 radical (unpaired) electrons. The second-order valence-electron chi connectivity index (χ2n) is 8.11. The highest BCUT2D eigenvalue weighted by molar-refractivity contribution is 7.92. The number of methoxy groups -OCH3 is 1. The van der Waals surface area contributed by atoms with Crippen molar-refractivity contribution in [3.8, 4) is 28.6 Å². The van der Waals surface area contributed by atoms with Gasteiger partial charge in [0.25, 0.3) is 5.91 Å². The van der Waals surface area contributed by atoms with E-state index in [1.807, 2.05) is 0 Å². The van der Waals surface area contributed by atoms with Gasteiger partial charge in [0.1, 0.15) is 34.4 Å². The molecular weight excluding hydrogens is 501 g/mol. The van der Waals surface area contributed by atoms with Crippen LogP contribution in [0, 0.1) is 5.82 Å². The van der Waals surface area contributed by atoms with Crippen LogP contribution in [-0.4, -0.2) is 47.8 Å². The van der Waals surface area contributed by atoms with Crippen LogP contribution in [0.2, 0.25) is 0 Å². The van der Waals surface area contributed by atoms with Crippen LogP contribution < -0.4 is 24.8 Å². The quantitative estimate of drug-likeness (QED) is 0.335. The topological polar surface area (TPSA) is 124 Å². The van der Waals surface area contributed by atoms with Gasteiger partial charge in [-0.05, 0) is 54.6 Å². The predicted molar refractivity (Wildman–Crippen MR) is 139 cm³/mol. The van der Waals surface area contributed by atoms with Gasteiger partial charge in [0, 0.05) is 37.2 Å². The molecule has 1 amide bonds. The monoisotopic (exact) mass is 527 g/mol. The van der Waals surface area contributed by atoms with E-state index >= 15 is 0 Å². The summed E-state index contributed by atoms with van der Waals surface area (Å²) in [4.78, 5) is 12.9. The number of sulfonamides is 1. The van der Waals surface area contributed by atoms with Crippen LogP contribution >= 0.6 is 0 Å². The van der Waals surface area contributed by atoms with E-state index in [-0.39, 0.29) is 41.7 Å². The van der Waals surface area contributed by atoms with Crippen molar-refractivity contribution in [2.24, 2.45) is 5.73 Å². The van der Waals surface area contributed by atoms with Gasteiger partial charge in [-0.15, -0.1) is 0 Å². The zero-order valence-electron chi connectivity index (χ0n) is 20.4. The van der Waals surface area contributed by atoms with Crippen molar-refractivity contribution < 1.29 is 31.5 Å². The van der Waals surface area contributed by atoms with Crippen LogP contribution in [-0.2, 0) is 10.0 Å². The molecule has 0 aliphatic rings. The number of nitrogens with one attached hydrogen (secondary N) is 1. The molecule has 1 aromatic heterocycles. The number of carbonyl (C=O) groups is 1. The molecule has 1 heterocycles. The molecule has 0 saturated heterocycles. The lowest BCUT2D eigenvalue weighted by Crippen LogP contribution is -2.34. The summed E-state index contributed by atoms with van der Waals surface area (Å²) in [5, 5.41) is 3.07. The van der Waals surface area contributed by atoms with Crippen molar-refractivity contribution in [1.82, 2.24) is 5.32 Å². The standard InChI is InChI=1S/C26H26FN3O6S/c1-29-26(31)24-20-14-23(34-2)21(30(13-12-28)37(3,32)33)15-22(20)36-25(24)16-4-8-18(9-5-16)35-19-10-6-17(27)7-11-19/h4-11,14-15H,12-13,28H2,1-3H3,(H,29,31). The third-order valence-electron chi connectivity index (χ3n) is 5.61. The van der Waals surface area contributed by atoms with E-state index in [4.69, 9.17) is 19.6 Å². The second-order valence-corrected chi connectivity index (χ2v) is 10.0. The largest absolute Gasteiger partial charge is 0.495 e. The zero-order chi connectivity index (χ0) is 26.7. The number of hydrogen-bond acceptors (Lipinski definition) is 7. The van der Waals surface area contributed by atoms with Crippen LogP contribution in [0.15, 0.2) is 65.1 Å². The first kappa shape index (κ1) is 26.0. The fourth-order valence-electron chi connectivity index (χ4n) is 3.92. The number of carbonyl (C=O) groups excluding carboxylic acids is 1. The molecule has 4 aromatic rings. The Kier molecular flexibility index (Phi) is 7.37. The summed E-state index contributed by atoms with van der Waals surface area (Å²) in [6, 6.07) is 15.6. The lowest BCUT2D eigenvalue weighted by molar-refractivity contribution is 0.0964. The molecule has 0 spiro atoms. The molecule has 4 rings (SSSR count). The molecule has 0 bridgehead atoms. The van der Waals surface area contributed by atoms with Gasteiger partial charge in [-0.1, -0.05) is 0 Å². The highest BCUT2D eigenvalue weighted by Crippen LogP contribution is 2.41. The Morgan fingerprint density at radius 3 is 2.24 bits per heavy atom. The number of nitrogens with zero attached hydrogens (tertiary/aromatic N) is 1. The molecule has 0 aliphatic carbocycles. The Hall–Kier alpha value is -4.09. The fourth-order valence-corrected chi connectivity index (χ4v) is 4.86. The van der Waals surface area contributed by atoms with Gasteiger partial charge in [-0.25, -0.2) is 12.8 Å². The van der Waals surface area contributed by atoms with Crippen molar-refractivity contribution in [2.45, 2.75) is 0 Å². The van der Waals surface area contributed by atoms with Gasteiger partial charge in [0.15, 0.2) is 0 Å². The molecule has 0 aliphatic heterocycles. The molecule has 9 nitrogen and oxygen atoms in total. The van der Waals surface area contributed by atoms with Crippen molar-refractivity contribution in [1.29, 1.82) is 0 Å². The maximum Gasteiger partial charge on any atom is 0.255 e. The van der Waals surface area contributed by atoms with Gasteiger partial charge >= 0.3 is 0 Å². The lowest BCUT2D eigenvalue weighted by Gasteiger charge is -2.23. The van der Waals surface area contributed by atoms with E-state index in [0.717, 1.165) is 10.6 Å². The van der Waals surface area contributed by atoms with Crippen molar-refractivity contribution >= 4 is 32.6 Å². The first-order valence-corrected chi connectivity index (χ1v) is 13.1. The van der Waals surface area contributed by atoms with Crippen LogP contribution in [0.25, 0.3) is 22.3 Å². The Labute approximate surface area is 213 Å². The zero-order valence-corrected chi connectivity index (χ0v) is 21.3. The Bertz CT molecular complexity index is 1530. The highest BCUT2D eigenvalue weighted by atomic mass is 32.2. The molecule has 37 heavy (non-hydrogen) atoms. The van der Waals surface area contributed by atoms with E-state index in [1.54, 1.807) is 30.3 Å². The maximum atomic E-state index is 13.2. The van der Waals surface area contributed by atoms with Crippen molar-refractivity contribution in [3.63, 3.8) is 0 Å². The first-order valence-electron chi connectivity index (χ1n) is 11.2. The number of hydrogen-bond donors (Lipinski definition) is 2. The summed E-state index contributed by atoms with van der Waals surface area (Å²) >= 11 is 0. The number of ether oxygens (including phenoxy) is 2. The molecule has 0 unspecified atom stereocenters. The van der Waals surface area contributed by atoms with E-state index in [1.165, 1.54) is 44.5 Å². The first-order chi connectivity index (χ1) is 17.7. The van der Waals surface area contributed by atoms with Gasteiger partial charge in [-0.3, -0.25) is 9.10 Å². The van der Waals surface area contributed by atoms with E-state index in [9.17, 15) is 17.6 Å². The van der Waals surface area contributed by atoms with E-state index < -0.39 is 15.9 Å². The summed E-state index contributed by atoms with van der Waals surface area (Å²) in [7, 11) is -0.760. The lowest BCUT2D eigenvalue weighted by atomic mass is 10.0. The Balaban J connectivity index is 1.81. The summed E-state index contributed by atoms with van der Waals surface area (Å²) in [5.74, 6) is 0.742. The number of furan rings is 1. The summed E-state index contributed by atoms with van der Waals surface area (Å²) in [5.41, 5.74) is 7.04. The number of rotatable bonds is 9. The number of fused-ring (bicyclic) bond motifs is 1. The number of anilines is 1. The highest BCUT2D eigenvalue weighted by Gasteiger charge is 2.27. The number of benzene rings is 3. The predicted octanol–water partition coefficient (Wildman–Crippen LogP) is 4.12. The maximum absolute atomic E-state index is 13.2.